The number of alkyl halides is 1. The average molecular weight is 330 g/mol. The SMILES string of the molecule is COC(=O)c1c(CCl)n(-c2ccccc2)c2ccc(OC)cc12. The van der Waals surface area contributed by atoms with Crippen molar-refractivity contribution in [2.45, 2.75) is 5.88 Å². The summed E-state index contributed by atoms with van der Waals surface area (Å²) >= 11 is 6.17. The van der Waals surface area contributed by atoms with Crippen molar-refractivity contribution in [2.75, 3.05) is 14.2 Å². The van der Waals surface area contributed by atoms with E-state index in [2.05, 4.69) is 0 Å². The molecule has 0 unspecified atom stereocenters. The van der Waals surface area contributed by atoms with Gasteiger partial charge in [-0.15, -0.1) is 11.6 Å². The van der Waals surface area contributed by atoms with Crippen molar-refractivity contribution in [2.24, 2.45) is 0 Å². The lowest BCUT2D eigenvalue weighted by molar-refractivity contribution is 0.0602. The largest absolute Gasteiger partial charge is 0.497 e. The molecule has 0 aliphatic heterocycles. The van der Waals surface area contributed by atoms with E-state index in [9.17, 15) is 4.79 Å². The van der Waals surface area contributed by atoms with Gasteiger partial charge >= 0.3 is 5.97 Å². The fourth-order valence-electron chi connectivity index (χ4n) is 2.78. The van der Waals surface area contributed by atoms with E-state index in [0.717, 1.165) is 16.6 Å². The molecule has 3 rings (SSSR count). The molecule has 1 heterocycles. The number of esters is 1. The second-order valence-corrected chi connectivity index (χ2v) is 5.27. The van der Waals surface area contributed by atoms with Crippen LogP contribution in [0.25, 0.3) is 16.6 Å². The lowest BCUT2D eigenvalue weighted by Gasteiger charge is -2.09. The summed E-state index contributed by atoms with van der Waals surface area (Å²) in [5.41, 5.74) is 3.00. The Morgan fingerprint density at radius 2 is 1.87 bits per heavy atom. The van der Waals surface area contributed by atoms with E-state index >= 15 is 0 Å². The minimum Gasteiger partial charge on any atom is -0.497 e. The van der Waals surface area contributed by atoms with Crippen molar-refractivity contribution in [3.05, 3.63) is 59.8 Å². The summed E-state index contributed by atoms with van der Waals surface area (Å²) < 4.78 is 12.2. The number of benzene rings is 2. The highest BCUT2D eigenvalue weighted by Gasteiger charge is 2.23. The van der Waals surface area contributed by atoms with E-state index in [-0.39, 0.29) is 5.88 Å². The van der Waals surface area contributed by atoms with Crippen LogP contribution in [0.4, 0.5) is 0 Å². The maximum absolute atomic E-state index is 12.3. The molecular formula is C18H16ClNO3. The number of aromatic nitrogens is 1. The Morgan fingerprint density at radius 1 is 1.13 bits per heavy atom. The standard InChI is InChI=1S/C18H16ClNO3/c1-22-13-8-9-15-14(10-13)17(18(21)23-2)16(11-19)20(15)12-6-4-3-5-7-12/h3-10H,11H2,1-2H3. The zero-order chi connectivity index (χ0) is 16.4. The highest BCUT2D eigenvalue weighted by atomic mass is 35.5. The van der Waals surface area contributed by atoms with Crippen LogP contribution in [0.1, 0.15) is 16.1 Å². The van der Waals surface area contributed by atoms with Gasteiger partial charge in [0.1, 0.15) is 5.75 Å². The van der Waals surface area contributed by atoms with E-state index < -0.39 is 5.97 Å². The molecule has 5 heteroatoms. The molecule has 0 aliphatic rings. The molecule has 0 bridgehead atoms. The van der Waals surface area contributed by atoms with Crippen LogP contribution < -0.4 is 4.74 Å². The predicted molar refractivity (Wildman–Crippen MR) is 90.7 cm³/mol. The Balaban J connectivity index is 2.41. The van der Waals surface area contributed by atoms with Crippen LogP contribution in [-0.2, 0) is 10.6 Å². The molecule has 1 aromatic heterocycles. The van der Waals surface area contributed by atoms with Crippen LogP contribution in [0.15, 0.2) is 48.5 Å². The summed E-state index contributed by atoms with van der Waals surface area (Å²) in [5.74, 6) is 0.457. The van der Waals surface area contributed by atoms with Crippen LogP contribution in [0.5, 0.6) is 5.75 Å². The molecule has 0 spiro atoms. The first kappa shape index (κ1) is 15.4. The maximum Gasteiger partial charge on any atom is 0.340 e. The van der Waals surface area contributed by atoms with Gasteiger partial charge in [0.05, 0.1) is 36.9 Å². The molecule has 0 atom stereocenters. The third-order valence-electron chi connectivity index (χ3n) is 3.80. The normalized spacial score (nSPS) is 10.7. The number of para-hydroxylation sites is 1. The molecule has 0 saturated carbocycles. The van der Waals surface area contributed by atoms with E-state index in [1.54, 1.807) is 7.11 Å². The topological polar surface area (TPSA) is 40.5 Å². The summed E-state index contributed by atoms with van der Waals surface area (Å²) in [7, 11) is 2.96. The smallest absolute Gasteiger partial charge is 0.340 e. The molecule has 0 aliphatic carbocycles. The van der Waals surface area contributed by atoms with Crippen molar-refractivity contribution in [1.29, 1.82) is 0 Å². The van der Waals surface area contributed by atoms with Gasteiger partial charge in [0.25, 0.3) is 0 Å². The van der Waals surface area contributed by atoms with Crippen molar-refractivity contribution in [3.63, 3.8) is 0 Å². The highest BCUT2D eigenvalue weighted by molar-refractivity contribution is 6.19. The Morgan fingerprint density at radius 3 is 2.48 bits per heavy atom. The van der Waals surface area contributed by atoms with Gasteiger partial charge in [-0.3, -0.25) is 0 Å². The fraction of sp³-hybridized carbons (Fsp3) is 0.167. The molecule has 0 radical (unpaired) electrons. The molecule has 0 saturated heterocycles. The Kier molecular flexibility index (Phi) is 4.26. The van der Waals surface area contributed by atoms with Crippen molar-refractivity contribution >= 4 is 28.5 Å². The van der Waals surface area contributed by atoms with Gasteiger partial charge in [-0.1, -0.05) is 18.2 Å². The number of ether oxygens (including phenoxy) is 2. The lowest BCUT2D eigenvalue weighted by atomic mass is 10.1. The van der Waals surface area contributed by atoms with Crippen LogP contribution >= 0.6 is 11.6 Å². The zero-order valence-electron chi connectivity index (χ0n) is 12.9. The van der Waals surface area contributed by atoms with Crippen LogP contribution in [0.3, 0.4) is 0 Å². The first-order valence-electron chi connectivity index (χ1n) is 7.12. The van der Waals surface area contributed by atoms with Crippen LogP contribution in [0.2, 0.25) is 0 Å². The maximum atomic E-state index is 12.3. The van der Waals surface area contributed by atoms with Gasteiger partial charge in [0.2, 0.25) is 0 Å². The van der Waals surface area contributed by atoms with Crippen LogP contribution in [-0.4, -0.2) is 24.8 Å². The molecular weight excluding hydrogens is 314 g/mol. The van der Waals surface area contributed by atoms with E-state index in [1.165, 1.54) is 7.11 Å². The minimum absolute atomic E-state index is 0.191. The third kappa shape index (κ3) is 2.55. The Hall–Kier alpha value is -2.46. The summed E-state index contributed by atoms with van der Waals surface area (Å²) in [6.07, 6.45) is 0. The first-order valence-corrected chi connectivity index (χ1v) is 7.65. The predicted octanol–water partition coefficient (Wildman–Crippen LogP) is 4.16. The fourth-order valence-corrected chi connectivity index (χ4v) is 3.03. The van der Waals surface area contributed by atoms with Crippen molar-refractivity contribution < 1.29 is 14.3 Å². The second-order valence-electron chi connectivity index (χ2n) is 5.00. The molecule has 0 fully saturated rings. The van der Waals surface area contributed by atoms with Gasteiger partial charge in [-0.25, -0.2) is 4.79 Å². The van der Waals surface area contributed by atoms with Gasteiger partial charge in [-0.2, -0.15) is 0 Å². The number of halogens is 1. The highest BCUT2D eigenvalue weighted by Crippen LogP contribution is 2.33. The van der Waals surface area contributed by atoms with Crippen molar-refractivity contribution in [3.8, 4) is 11.4 Å². The molecule has 2 aromatic carbocycles. The number of rotatable bonds is 4. The zero-order valence-corrected chi connectivity index (χ0v) is 13.6. The van der Waals surface area contributed by atoms with Crippen molar-refractivity contribution in [1.82, 2.24) is 4.57 Å². The molecule has 0 N–H and O–H groups in total. The van der Waals surface area contributed by atoms with E-state index in [0.29, 0.717) is 17.0 Å². The number of carbonyl (C=O) groups excluding carboxylic acids is 1. The molecule has 4 nitrogen and oxygen atoms in total. The van der Waals surface area contributed by atoms with Crippen LogP contribution in [0, 0.1) is 0 Å². The molecule has 3 aromatic rings. The van der Waals surface area contributed by atoms with E-state index in [4.69, 9.17) is 21.1 Å². The van der Waals surface area contributed by atoms with Gasteiger partial charge in [-0.05, 0) is 30.3 Å². The monoisotopic (exact) mass is 329 g/mol. The summed E-state index contributed by atoms with van der Waals surface area (Å²) in [5, 5.41) is 0.760. The number of carbonyl (C=O) groups is 1. The lowest BCUT2D eigenvalue weighted by Crippen LogP contribution is -2.06. The Labute approximate surface area is 139 Å². The summed E-state index contributed by atoms with van der Waals surface area (Å²) in [6.45, 7) is 0. The number of hydrogen-bond acceptors (Lipinski definition) is 3. The van der Waals surface area contributed by atoms with Gasteiger partial charge in [0.15, 0.2) is 0 Å². The quantitative estimate of drug-likeness (QED) is 0.533. The third-order valence-corrected chi connectivity index (χ3v) is 4.06. The van der Waals surface area contributed by atoms with E-state index in [1.807, 2.05) is 53.1 Å². The first-order chi connectivity index (χ1) is 11.2. The second kappa shape index (κ2) is 6.34. The number of fused-ring (bicyclic) bond motifs is 1. The summed E-state index contributed by atoms with van der Waals surface area (Å²) in [6, 6.07) is 15.4. The van der Waals surface area contributed by atoms with Gasteiger partial charge < -0.3 is 14.0 Å². The molecule has 23 heavy (non-hydrogen) atoms. The Bertz CT molecular complexity index is 856. The molecule has 118 valence electrons. The minimum atomic E-state index is -0.409. The number of methoxy groups -OCH3 is 2. The average Bonchev–Trinajstić information content (AvgIpc) is 2.94. The molecule has 0 amide bonds. The summed E-state index contributed by atoms with van der Waals surface area (Å²) in [4.78, 5) is 12.3. The van der Waals surface area contributed by atoms with Gasteiger partial charge in [0, 0.05) is 11.1 Å². The number of hydrogen-bond donors (Lipinski definition) is 0. The number of nitrogens with zero attached hydrogens (tertiary/aromatic N) is 1.